The lowest BCUT2D eigenvalue weighted by Crippen LogP contribution is -2.23. The zero-order valence-electron chi connectivity index (χ0n) is 10.7. The summed E-state index contributed by atoms with van der Waals surface area (Å²) < 4.78 is 0. The van der Waals surface area contributed by atoms with Crippen molar-refractivity contribution >= 4 is 11.7 Å². The minimum atomic E-state index is -0.440. The lowest BCUT2D eigenvalue weighted by Gasteiger charge is -2.17. The van der Waals surface area contributed by atoms with Gasteiger partial charge in [-0.15, -0.1) is 0 Å². The average molecular weight is 248 g/mol. The molecule has 98 valence electrons. The van der Waals surface area contributed by atoms with Gasteiger partial charge in [0.25, 0.3) is 0 Å². The molecule has 5 heteroatoms. The molecule has 0 spiro atoms. The third-order valence-corrected chi connectivity index (χ3v) is 3.35. The first-order chi connectivity index (χ1) is 8.65. The molecule has 1 atom stereocenters. The number of pyridine rings is 1. The van der Waals surface area contributed by atoms with E-state index in [9.17, 15) is 4.79 Å². The Balaban J connectivity index is 1.94. The predicted molar refractivity (Wildman–Crippen MR) is 71.5 cm³/mol. The van der Waals surface area contributed by atoms with Crippen molar-refractivity contribution in [3.63, 3.8) is 0 Å². The summed E-state index contributed by atoms with van der Waals surface area (Å²) in [4.78, 5) is 17.5. The SMILES string of the molecule is CN1CCCC(Nc2ccc(C(N)=O)cn2)CC1. The summed E-state index contributed by atoms with van der Waals surface area (Å²) >= 11 is 0. The Hall–Kier alpha value is -1.62. The first-order valence-corrected chi connectivity index (χ1v) is 6.36. The molecule has 1 amide bonds. The molecule has 1 aromatic rings. The number of primary amides is 1. The Labute approximate surface area is 107 Å². The van der Waals surface area contributed by atoms with E-state index in [2.05, 4.69) is 22.2 Å². The van der Waals surface area contributed by atoms with Crippen molar-refractivity contribution in [3.8, 4) is 0 Å². The van der Waals surface area contributed by atoms with Gasteiger partial charge in [0, 0.05) is 12.2 Å². The smallest absolute Gasteiger partial charge is 0.250 e. The molecule has 1 fully saturated rings. The molecule has 1 aliphatic heterocycles. The minimum Gasteiger partial charge on any atom is -0.367 e. The van der Waals surface area contributed by atoms with E-state index in [1.54, 1.807) is 6.07 Å². The molecule has 1 aliphatic rings. The van der Waals surface area contributed by atoms with Gasteiger partial charge in [-0.1, -0.05) is 0 Å². The first-order valence-electron chi connectivity index (χ1n) is 6.36. The van der Waals surface area contributed by atoms with Gasteiger partial charge >= 0.3 is 0 Å². The zero-order chi connectivity index (χ0) is 13.0. The second-order valence-electron chi connectivity index (χ2n) is 4.87. The lowest BCUT2D eigenvalue weighted by molar-refractivity contribution is 0.1000. The highest BCUT2D eigenvalue weighted by Gasteiger charge is 2.14. The van der Waals surface area contributed by atoms with Crippen LogP contribution in [0.5, 0.6) is 0 Å². The normalized spacial score (nSPS) is 21.3. The van der Waals surface area contributed by atoms with E-state index in [0.717, 1.165) is 31.7 Å². The van der Waals surface area contributed by atoms with Crippen molar-refractivity contribution in [1.82, 2.24) is 9.88 Å². The number of likely N-dealkylation sites (tertiary alicyclic amines) is 1. The molecule has 1 aromatic heterocycles. The van der Waals surface area contributed by atoms with Crippen LogP contribution in [0.15, 0.2) is 18.3 Å². The number of anilines is 1. The highest BCUT2D eigenvalue weighted by atomic mass is 16.1. The molecule has 0 radical (unpaired) electrons. The summed E-state index contributed by atoms with van der Waals surface area (Å²) in [5.41, 5.74) is 5.62. The second kappa shape index (κ2) is 5.82. The van der Waals surface area contributed by atoms with Crippen molar-refractivity contribution in [2.45, 2.75) is 25.3 Å². The van der Waals surface area contributed by atoms with E-state index in [0.29, 0.717) is 11.6 Å². The van der Waals surface area contributed by atoms with Crippen molar-refractivity contribution in [3.05, 3.63) is 23.9 Å². The zero-order valence-corrected chi connectivity index (χ0v) is 10.7. The number of nitrogens with zero attached hydrogens (tertiary/aromatic N) is 2. The summed E-state index contributed by atoms with van der Waals surface area (Å²) in [6.45, 7) is 2.27. The summed E-state index contributed by atoms with van der Waals surface area (Å²) in [6, 6.07) is 3.98. The van der Waals surface area contributed by atoms with E-state index < -0.39 is 5.91 Å². The predicted octanol–water partition coefficient (Wildman–Crippen LogP) is 1.08. The molecular formula is C13H20N4O. The Morgan fingerprint density at radius 3 is 2.94 bits per heavy atom. The largest absolute Gasteiger partial charge is 0.367 e. The van der Waals surface area contributed by atoms with Crippen LogP contribution in [-0.2, 0) is 0 Å². The number of carbonyl (C=O) groups excluding carboxylic acids is 1. The van der Waals surface area contributed by atoms with E-state index in [-0.39, 0.29) is 0 Å². The van der Waals surface area contributed by atoms with E-state index in [1.165, 1.54) is 12.6 Å². The number of carbonyl (C=O) groups is 1. The molecule has 0 aliphatic carbocycles. The van der Waals surface area contributed by atoms with Crippen LogP contribution < -0.4 is 11.1 Å². The van der Waals surface area contributed by atoms with Gasteiger partial charge in [-0.25, -0.2) is 4.98 Å². The monoisotopic (exact) mass is 248 g/mol. The average Bonchev–Trinajstić information content (AvgIpc) is 2.55. The molecule has 2 rings (SSSR count). The maximum absolute atomic E-state index is 10.9. The van der Waals surface area contributed by atoms with Gasteiger partial charge in [0.2, 0.25) is 5.91 Å². The van der Waals surface area contributed by atoms with Gasteiger partial charge in [0.1, 0.15) is 5.82 Å². The van der Waals surface area contributed by atoms with Crippen LogP contribution in [0.3, 0.4) is 0 Å². The number of rotatable bonds is 3. The molecule has 1 unspecified atom stereocenters. The van der Waals surface area contributed by atoms with Crippen LogP contribution in [0, 0.1) is 0 Å². The van der Waals surface area contributed by atoms with Gasteiger partial charge in [0.05, 0.1) is 5.56 Å². The van der Waals surface area contributed by atoms with E-state index in [4.69, 9.17) is 5.73 Å². The van der Waals surface area contributed by atoms with Crippen molar-refractivity contribution in [1.29, 1.82) is 0 Å². The van der Waals surface area contributed by atoms with Gasteiger partial charge in [-0.2, -0.15) is 0 Å². The number of aromatic nitrogens is 1. The summed E-state index contributed by atoms with van der Waals surface area (Å²) in [6.07, 6.45) is 5.00. The number of hydrogen-bond acceptors (Lipinski definition) is 4. The fraction of sp³-hybridized carbons (Fsp3) is 0.538. The second-order valence-corrected chi connectivity index (χ2v) is 4.87. The Kier molecular flexibility index (Phi) is 4.15. The molecule has 5 nitrogen and oxygen atoms in total. The van der Waals surface area contributed by atoms with Crippen LogP contribution >= 0.6 is 0 Å². The van der Waals surface area contributed by atoms with Crippen molar-refractivity contribution in [2.75, 3.05) is 25.5 Å². The van der Waals surface area contributed by atoms with Crippen molar-refractivity contribution < 1.29 is 4.79 Å². The summed E-state index contributed by atoms with van der Waals surface area (Å²) in [5.74, 6) is 0.375. The number of nitrogens with one attached hydrogen (secondary N) is 1. The lowest BCUT2D eigenvalue weighted by atomic mass is 10.1. The fourth-order valence-electron chi connectivity index (χ4n) is 2.22. The van der Waals surface area contributed by atoms with Crippen LogP contribution in [-0.4, -0.2) is 42.0 Å². The van der Waals surface area contributed by atoms with E-state index >= 15 is 0 Å². The Morgan fingerprint density at radius 2 is 2.28 bits per heavy atom. The molecule has 3 N–H and O–H groups in total. The van der Waals surface area contributed by atoms with E-state index in [1.807, 2.05) is 6.07 Å². The van der Waals surface area contributed by atoms with Crippen LogP contribution in [0.4, 0.5) is 5.82 Å². The van der Waals surface area contributed by atoms with Gasteiger partial charge in [0.15, 0.2) is 0 Å². The third-order valence-electron chi connectivity index (χ3n) is 3.35. The van der Waals surface area contributed by atoms with Crippen LogP contribution in [0.25, 0.3) is 0 Å². The molecule has 0 saturated carbocycles. The standard InChI is InChI=1S/C13H20N4O/c1-17-7-2-3-11(6-8-17)16-12-5-4-10(9-15-12)13(14)18/h4-5,9,11H,2-3,6-8H2,1H3,(H2,14,18)(H,15,16). The van der Waals surface area contributed by atoms with Gasteiger partial charge < -0.3 is 16.0 Å². The summed E-state index contributed by atoms with van der Waals surface area (Å²) in [5, 5.41) is 3.42. The number of nitrogens with two attached hydrogens (primary N) is 1. The Morgan fingerprint density at radius 1 is 1.44 bits per heavy atom. The number of amides is 1. The molecular weight excluding hydrogens is 228 g/mol. The maximum Gasteiger partial charge on any atom is 0.250 e. The topological polar surface area (TPSA) is 71.2 Å². The van der Waals surface area contributed by atoms with Gasteiger partial charge in [-0.3, -0.25) is 4.79 Å². The molecule has 18 heavy (non-hydrogen) atoms. The Bertz CT molecular complexity index is 404. The molecule has 0 aromatic carbocycles. The third kappa shape index (κ3) is 3.43. The maximum atomic E-state index is 10.9. The summed E-state index contributed by atoms with van der Waals surface area (Å²) in [7, 11) is 2.16. The first kappa shape index (κ1) is 12.8. The fourth-order valence-corrected chi connectivity index (χ4v) is 2.22. The minimum absolute atomic E-state index is 0.440. The highest BCUT2D eigenvalue weighted by Crippen LogP contribution is 2.15. The van der Waals surface area contributed by atoms with Gasteiger partial charge in [-0.05, 0) is 51.5 Å². The van der Waals surface area contributed by atoms with Crippen molar-refractivity contribution in [2.24, 2.45) is 5.73 Å². The molecule has 2 heterocycles. The molecule has 0 bridgehead atoms. The quantitative estimate of drug-likeness (QED) is 0.839. The van der Waals surface area contributed by atoms with Crippen LogP contribution in [0.1, 0.15) is 29.6 Å². The molecule has 1 saturated heterocycles. The van der Waals surface area contributed by atoms with Crippen LogP contribution in [0.2, 0.25) is 0 Å². The highest BCUT2D eigenvalue weighted by molar-refractivity contribution is 5.92. The number of hydrogen-bond donors (Lipinski definition) is 2.